The van der Waals surface area contributed by atoms with E-state index in [1.54, 1.807) is 6.07 Å². The first kappa shape index (κ1) is 14.0. The summed E-state index contributed by atoms with van der Waals surface area (Å²) in [6, 6.07) is 9.91. The molecule has 0 radical (unpaired) electrons. The highest BCUT2D eigenvalue weighted by molar-refractivity contribution is 5.93. The summed E-state index contributed by atoms with van der Waals surface area (Å²) in [5.41, 5.74) is 9.01. The summed E-state index contributed by atoms with van der Waals surface area (Å²) >= 11 is 0. The van der Waals surface area contributed by atoms with Crippen molar-refractivity contribution in [2.45, 2.75) is 20.8 Å². The van der Waals surface area contributed by atoms with Crippen molar-refractivity contribution in [1.29, 1.82) is 5.41 Å². The summed E-state index contributed by atoms with van der Waals surface area (Å²) in [4.78, 5) is 10.8. The fourth-order valence-corrected chi connectivity index (χ4v) is 1.98. The number of nitrogen functional groups attached to an aromatic ring is 1. The second-order valence-corrected chi connectivity index (χ2v) is 4.69. The topological polar surface area (TPSA) is 78.9 Å². The maximum absolute atomic E-state index is 7.53. The minimum Gasteiger partial charge on any atom is -0.382 e. The lowest BCUT2D eigenvalue weighted by atomic mass is 10.2. The van der Waals surface area contributed by atoms with Gasteiger partial charge in [0.15, 0.2) is 0 Å². The van der Waals surface area contributed by atoms with Gasteiger partial charge in [0.05, 0.1) is 0 Å². The molecule has 0 unspecified atom stereocenters. The molecule has 0 aliphatic carbocycles. The van der Waals surface area contributed by atoms with Crippen molar-refractivity contribution in [3.63, 3.8) is 0 Å². The highest BCUT2D eigenvalue weighted by Gasteiger charge is 2.12. The zero-order valence-corrected chi connectivity index (χ0v) is 12.0. The first-order chi connectivity index (χ1) is 9.51. The Kier molecular flexibility index (Phi) is 3.98. The molecule has 5 heteroatoms. The lowest BCUT2D eigenvalue weighted by Gasteiger charge is -2.21. The Morgan fingerprint density at radius 3 is 2.40 bits per heavy atom. The summed E-state index contributed by atoms with van der Waals surface area (Å²) in [5, 5.41) is 7.53. The summed E-state index contributed by atoms with van der Waals surface area (Å²) in [7, 11) is 0. The second-order valence-electron chi connectivity index (χ2n) is 4.69. The Hall–Kier alpha value is -2.43. The number of aryl methyl sites for hydroxylation is 2. The van der Waals surface area contributed by atoms with Gasteiger partial charge in [0.1, 0.15) is 11.5 Å². The molecular formula is C15H19N5. The Bertz CT molecular complexity index is 619. The van der Waals surface area contributed by atoms with Gasteiger partial charge in [-0.25, -0.2) is 9.97 Å². The van der Waals surface area contributed by atoms with Crippen LogP contribution in [0, 0.1) is 19.3 Å². The first-order valence-corrected chi connectivity index (χ1v) is 6.55. The van der Waals surface area contributed by atoms with E-state index in [-0.39, 0.29) is 5.84 Å². The van der Waals surface area contributed by atoms with Crippen LogP contribution in [0.2, 0.25) is 0 Å². The molecule has 0 saturated heterocycles. The van der Waals surface area contributed by atoms with Gasteiger partial charge in [-0.15, -0.1) is 0 Å². The highest BCUT2D eigenvalue weighted by atomic mass is 15.3. The van der Waals surface area contributed by atoms with Crippen LogP contribution in [-0.2, 0) is 0 Å². The maximum Gasteiger partial charge on any atom is 0.230 e. The molecule has 0 aliphatic rings. The zero-order chi connectivity index (χ0) is 14.7. The number of nitrogens with two attached hydrogens (primary N) is 1. The van der Waals surface area contributed by atoms with E-state index in [0.29, 0.717) is 11.6 Å². The van der Waals surface area contributed by atoms with Crippen molar-refractivity contribution in [1.82, 2.24) is 9.97 Å². The minimum atomic E-state index is -0.0447. The average molecular weight is 269 g/mol. The molecular weight excluding hydrogens is 250 g/mol. The standard InChI is InChI=1S/C15H19N5/c1-4-20(12-7-5-10(2)6-8-12)15-18-11(3)9-13(19-15)14(16)17/h5-9H,4H2,1-3H3,(H3,16,17). The Balaban J connectivity index is 2.46. The quantitative estimate of drug-likeness (QED) is 0.660. The van der Waals surface area contributed by atoms with Gasteiger partial charge in [0.2, 0.25) is 5.95 Å². The van der Waals surface area contributed by atoms with E-state index in [0.717, 1.165) is 17.9 Å². The van der Waals surface area contributed by atoms with Crippen molar-refractivity contribution < 1.29 is 0 Å². The van der Waals surface area contributed by atoms with E-state index >= 15 is 0 Å². The maximum atomic E-state index is 7.53. The van der Waals surface area contributed by atoms with E-state index in [2.05, 4.69) is 29.0 Å². The molecule has 0 amide bonds. The minimum absolute atomic E-state index is 0.0447. The molecule has 0 spiro atoms. The van der Waals surface area contributed by atoms with Gasteiger partial charge >= 0.3 is 0 Å². The lowest BCUT2D eigenvalue weighted by Crippen LogP contribution is -2.22. The molecule has 0 atom stereocenters. The van der Waals surface area contributed by atoms with Crippen LogP contribution >= 0.6 is 0 Å². The second kappa shape index (κ2) is 5.69. The Labute approximate surface area is 119 Å². The number of anilines is 2. The average Bonchev–Trinajstić information content (AvgIpc) is 2.41. The van der Waals surface area contributed by atoms with Crippen molar-refractivity contribution in [3.8, 4) is 0 Å². The van der Waals surface area contributed by atoms with E-state index in [9.17, 15) is 0 Å². The summed E-state index contributed by atoms with van der Waals surface area (Å²) in [5.74, 6) is 0.526. The summed E-state index contributed by atoms with van der Waals surface area (Å²) < 4.78 is 0. The number of hydrogen-bond acceptors (Lipinski definition) is 4. The molecule has 3 N–H and O–H groups in total. The largest absolute Gasteiger partial charge is 0.382 e. The van der Waals surface area contributed by atoms with E-state index in [1.165, 1.54) is 5.56 Å². The molecule has 1 aromatic heterocycles. The third kappa shape index (κ3) is 2.93. The molecule has 1 aromatic carbocycles. The summed E-state index contributed by atoms with van der Waals surface area (Å²) in [6.07, 6.45) is 0. The molecule has 20 heavy (non-hydrogen) atoms. The molecule has 104 valence electrons. The van der Waals surface area contributed by atoms with Crippen LogP contribution in [0.4, 0.5) is 11.6 Å². The van der Waals surface area contributed by atoms with Gasteiger partial charge in [-0.05, 0) is 39.0 Å². The van der Waals surface area contributed by atoms with Crippen LogP contribution in [0.25, 0.3) is 0 Å². The lowest BCUT2D eigenvalue weighted by molar-refractivity contribution is 0.929. The number of amidine groups is 1. The molecule has 0 aliphatic heterocycles. The van der Waals surface area contributed by atoms with Crippen molar-refractivity contribution in [3.05, 3.63) is 47.3 Å². The molecule has 0 bridgehead atoms. The number of hydrogen-bond donors (Lipinski definition) is 2. The van der Waals surface area contributed by atoms with Crippen molar-refractivity contribution in [2.24, 2.45) is 5.73 Å². The normalized spacial score (nSPS) is 10.3. The third-order valence-electron chi connectivity index (χ3n) is 3.02. The van der Waals surface area contributed by atoms with Gasteiger partial charge in [0.25, 0.3) is 0 Å². The van der Waals surface area contributed by atoms with Crippen LogP contribution in [0.15, 0.2) is 30.3 Å². The fraction of sp³-hybridized carbons (Fsp3) is 0.267. The monoisotopic (exact) mass is 269 g/mol. The molecule has 0 saturated carbocycles. The fourth-order valence-electron chi connectivity index (χ4n) is 1.98. The number of benzene rings is 1. The van der Waals surface area contributed by atoms with Crippen LogP contribution in [-0.4, -0.2) is 22.3 Å². The SMILES string of the molecule is CCN(c1ccc(C)cc1)c1nc(C)cc(C(=N)N)n1. The van der Waals surface area contributed by atoms with Gasteiger partial charge in [-0.2, -0.15) is 0 Å². The Morgan fingerprint density at radius 1 is 1.20 bits per heavy atom. The Morgan fingerprint density at radius 2 is 1.85 bits per heavy atom. The van der Waals surface area contributed by atoms with Crippen LogP contribution < -0.4 is 10.6 Å². The van der Waals surface area contributed by atoms with Gasteiger partial charge in [-0.1, -0.05) is 17.7 Å². The van der Waals surface area contributed by atoms with E-state index in [4.69, 9.17) is 11.1 Å². The predicted molar refractivity (Wildman–Crippen MR) is 81.6 cm³/mol. The first-order valence-electron chi connectivity index (χ1n) is 6.55. The smallest absolute Gasteiger partial charge is 0.230 e. The van der Waals surface area contributed by atoms with E-state index < -0.39 is 0 Å². The van der Waals surface area contributed by atoms with Gasteiger partial charge in [-0.3, -0.25) is 5.41 Å². The molecule has 5 nitrogen and oxygen atoms in total. The zero-order valence-electron chi connectivity index (χ0n) is 12.0. The number of nitrogens with zero attached hydrogens (tertiary/aromatic N) is 3. The number of aromatic nitrogens is 2. The molecule has 2 rings (SSSR count). The van der Waals surface area contributed by atoms with Gasteiger partial charge < -0.3 is 10.6 Å². The molecule has 2 aromatic rings. The number of rotatable bonds is 4. The van der Waals surface area contributed by atoms with Crippen LogP contribution in [0.3, 0.4) is 0 Å². The van der Waals surface area contributed by atoms with Crippen molar-refractivity contribution in [2.75, 3.05) is 11.4 Å². The molecule has 1 heterocycles. The van der Waals surface area contributed by atoms with Crippen LogP contribution in [0.5, 0.6) is 0 Å². The molecule has 0 fully saturated rings. The number of nitrogens with one attached hydrogen (secondary N) is 1. The summed E-state index contributed by atoms with van der Waals surface area (Å²) in [6.45, 7) is 6.71. The predicted octanol–water partition coefficient (Wildman–Crippen LogP) is 2.54. The van der Waals surface area contributed by atoms with Crippen molar-refractivity contribution >= 4 is 17.5 Å². The third-order valence-corrected chi connectivity index (χ3v) is 3.02. The van der Waals surface area contributed by atoms with Gasteiger partial charge in [0, 0.05) is 17.9 Å². The highest BCUT2D eigenvalue weighted by Crippen LogP contribution is 2.22. The van der Waals surface area contributed by atoms with Crippen LogP contribution in [0.1, 0.15) is 23.9 Å². The van der Waals surface area contributed by atoms with E-state index in [1.807, 2.05) is 30.9 Å².